The summed E-state index contributed by atoms with van der Waals surface area (Å²) in [6, 6.07) is 4.73. The molecule has 1 aliphatic heterocycles. The number of nitrogens with zero attached hydrogens (tertiary/aromatic N) is 1. The SMILES string of the molecule is C=C1C(C)=C[C-]=C(c2c(F)cccc2OCOC)N1CC.[Y]. The van der Waals surface area contributed by atoms with Crippen LogP contribution in [0, 0.1) is 11.9 Å². The van der Waals surface area contributed by atoms with Gasteiger partial charge in [-0.15, -0.1) is 5.57 Å². The van der Waals surface area contributed by atoms with Crippen LogP contribution in [-0.2, 0) is 37.4 Å². The van der Waals surface area contributed by atoms with Gasteiger partial charge >= 0.3 is 0 Å². The summed E-state index contributed by atoms with van der Waals surface area (Å²) >= 11 is 0. The molecule has 1 heterocycles. The number of likely N-dealkylation sites (N-methyl/N-ethyl adjacent to an activating group) is 1. The fourth-order valence-corrected chi connectivity index (χ4v) is 2.22. The van der Waals surface area contributed by atoms with Crippen molar-refractivity contribution in [2.24, 2.45) is 0 Å². The predicted molar refractivity (Wildman–Crippen MR) is 80.8 cm³/mol. The van der Waals surface area contributed by atoms with Crippen molar-refractivity contribution in [3.63, 3.8) is 0 Å². The first kappa shape index (κ1) is 19.1. The quantitative estimate of drug-likeness (QED) is 0.577. The molecule has 115 valence electrons. The molecule has 1 aromatic carbocycles. The van der Waals surface area contributed by atoms with Gasteiger partial charge < -0.3 is 14.4 Å². The molecule has 0 aliphatic carbocycles. The molecule has 0 bridgehead atoms. The van der Waals surface area contributed by atoms with Crippen LogP contribution in [0.2, 0.25) is 0 Å². The number of hydrogen-bond acceptors (Lipinski definition) is 3. The topological polar surface area (TPSA) is 21.7 Å². The molecule has 22 heavy (non-hydrogen) atoms. The molecule has 0 aromatic heterocycles. The Labute approximate surface area is 156 Å². The van der Waals surface area contributed by atoms with Crippen LogP contribution in [0.5, 0.6) is 5.75 Å². The maximum Gasteiger partial charge on any atom is 0.187 e. The molecule has 5 heteroatoms. The Balaban J connectivity index is 0.00000242. The number of halogens is 1. The van der Waals surface area contributed by atoms with Crippen molar-refractivity contribution in [2.45, 2.75) is 13.8 Å². The Morgan fingerprint density at radius 3 is 2.73 bits per heavy atom. The minimum atomic E-state index is -0.356. The molecule has 0 N–H and O–H groups in total. The fourth-order valence-electron chi connectivity index (χ4n) is 2.22. The fraction of sp³-hybridized carbons (Fsp3) is 0.294. The normalized spacial score (nSPS) is 14.2. The third-order valence-electron chi connectivity index (χ3n) is 3.34. The molecule has 0 saturated heterocycles. The van der Waals surface area contributed by atoms with Crippen molar-refractivity contribution >= 4 is 5.70 Å². The Morgan fingerprint density at radius 1 is 1.36 bits per heavy atom. The number of hydrogen-bond donors (Lipinski definition) is 0. The van der Waals surface area contributed by atoms with Crippen LogP contribution in [0.3, 0.4) is 0 Å². The van der Waals surface area contributed by atoms with Gasteiger partial charge in [0, 0.05) is 46.4 Å². The Morgan fingerprint density at radius 2 is 2.09 bits per heavy atom. The minimum Gasteiger partial charge on any atom is -0.480 e. The van der Waals surface area contributed by atoms with Gasteiger partial charge in [-0.25, -0.2) is 4.39 Å². The summed E-state index contributed by atoms with van der Waals surface area (Å²) in [5.74, 6) is 0.0730. The van der Waals surface area contributed by atoms with Gasteiger partial charge in [-0.3, -0.25) is 0 Å². The summed E-state index contributed by atoms with van der Waals surface area (Å²) in [7, 11) is 1.53. The smallest absolute Gasteiger partial charge is 0.187 e. The van der Waals surface area contributed by atoms with E-state index in [9.17, 15) is 4.39 Å². The average molecular weight is 377 g/mol. The van der Waals surface area contributed by atoms with Gasteiger partial charge in [-0.1, -0.05) is 25.3 Å². The molecule has 0 unspecified atom stereocenters. The molecule has 0 saturated carbocycles. The molecule has 0 spiro atoms. The third-order valence-corrected chi connectivity index (χ3v) is 3.34. The number of ether oxygens (including phenoxy) is 2. The summed E-state index contributed by atoms with van der Waals surface area (Å²) in [5.41, 5.74) is 2.85. The van der Waals surface area contributed by atoms with Gasteiger partial charge in [0.05, 0.1) is 11.6 Å². The summed E-state index contributed by atoms with van der Waals surface area (Å²) in [5, 5.41) is 0. The van der Waals surface area contributed by atoms with Gasteiger partial charge in [0.1, 0.15) is 0 Å². The molecular weight excluding hydrogens is 358 g/mol. The zero-order valence-electron chi connectivity index (χ0n) is 13.1. The molecule has 1 radical (unpaired) electrons. The van der Waals surface area contributed by atoms with E-state index in [1.54, 1.807) is 12.1 Å². The molecule has 0 fully saturated rings. The second kappa shape index (κ2) is 8.61. The van der Waals surface area contributed by atoms with Crippen molar-refractivity contribution < 1.29 is 46.6 Å². The van der Waals surface area contributed by atoms with Gasteiger partial charge in [0.2, 0.25) is 0 Å². The Hall–Kier alpha value is -0.966. The number of rotatable bonds is 5. The van der Waals surface area contributed by atoms with Crippen LogP contribution < -0.4 is 4.74 Å². The predicted octanol–water partition coefficient (Wildman–Crippen LogP) is 3.75. The largest absolute Gasteiger partial charge is 0.480 e. The average Bonchev–Trinajstić information content (AvgIpc) is 2.48. The van der Waals surface area contributed by atoms with E-state index in [2.05, 4.69) is 12.7 Å². The second-order valence-electron chi connectivity index (χ2n) is 4.68. The maximum atomic E-state index is 14.3. The van der Waals surface area contributed by atoms with Crippen molar-refractivity contribution in [2.75, 3.05) is 20.4 Å². The first-order chi connectivity index (χ1) is 10.1. The monoisotopic (exact) mass is 377 g/mol. The number of methoxy groups -OCH3 is 1. The molecular formula is C17H19FNO2Y-. The van der Waals surface area contributed by atoms with Gasteiger partial charge in [-0.2, -0.15) is 12.2 Å². The van der Waals surface area contributed by atoms with E-state index < -0.39 is 0 Å². The molecule has 0 atom stereocenters. The summed E-state index contributed by atoms with van der Waals surface area (Å²) in [6.45, 7) is 8.73. The van der Waals surface area contributed by atoms with Crippen molar-refractivity contribution in [1.82, 2.24) is 4.90 Å². The van der Waals surface area contributed by atoms with E-state index in [-0.39, 0.29) is 45.3 Å². The van der Waals surface area contributed by atoms with Crippen LogP contribution in [0.1, 0.15) is 19.4 Å². The Bertz CT molecular complexity index is 611. The zero-order valence-corrected chi connectivity index (χ0v) is 16.0. The van der Waals surface area contributed by atoms with E-state index in [0.29, 0.717) is 23.6 Å². The first-order valence-corrected chi connectivity index (χ1v) is 6.77. The second-order valence-corrected chi connectivity index (χ2v) is 4.68. The van der Waals surface area contributed by atoms with E-state index in [1.807, 2.05) is 24.8 Å². The minimum absolute atomic E-state index is 0. The van der Waals surface area contributed by atoms with Crippen molar-refractivity contribution in [1.29, 1.82) is 0 Å². The summed E-state index contributed by atoms with van der Waals surface area (Å²) in [4.78, 5) is 1.92. The van der Waals surface area contributed by atoms with Crippen LogP contribution in [0.15, 0.2) is 42.1 Å². The van der Waals surface area contributed by atoms with Gasteiger partial charge in [0.25, 0.3) is 0 Å². The van der Waals surface area contributed by atoms with Gasteiger partial charge in [0.15, 0.2) is 6.79 Å². The van der Waals surface area contributed by atoms with E-state index in [1.165, 1.54) is 13.2 Å². The molecule has 1 aliphatic rings. The summed E-state index contributed by atoms with van der Waals surface area (Å²) < 4.78 is 24.7. The standard InChI is InChI=1S/C17H19FNO2.Y/c1-5-19-13(3)12(2)9-10-15(19)17-14(18)7-6-8-16(17)21-11-20-4;/h6-9H,3,5,11H2,1-2,4H3;/q-1;. The third kappa shape index (κ3) is 3.86. The van der Waals surface area contributed by atoms with Crippen LogP contribution >= 0.6 is 0 Å². The van der Waals surface area contributed by atoms with E-state index in [0.717, 1.165) is 11.3 Å². The van der Waals surface area contributed by atoms with Crippen LogP contribution in [0.25, 0.3) is 5.70 Å². The number of allylic oxidation sites excluding steroid dienone is 3. The van der Waals surface area contributed by atoms with Crippen LogP contribution in [0.4, 0.5) is 4.39 Å². The van der Waals surface area contributed by atoms with Crippen molar-refractivity contribution in [3.05, 3.63) is 59.6 Å². The van der Waals surface area contributed by atoms with Crippen LogP contribution in [-0.4, -0.2) is 25.3 Å². The molecule has 3 nitrogen and oxygen atoms in total. The van der Waals surface area contributed by atoms with Crippen molar-refractivity contribution in [3.8, 4) is 5.75 Å². The molecule has 1 aromatic rings. The van der Waals surface area contributed by atoms with Gasteiger partial charge in [-0.05, 0) is 30.3 Å². The maximum absolute atomic E-state index is 14.3. The first-order valence-electron chi connectivity index (χ1n) is 6.77. The molecule has 0 amide bonds. The summed E-state index contributed by atoms with van der Waals surface area (Å²) in [6.07, 6.45) is 4.95. The van der Waals surface area contributed by atoms with E-state index >= 15 is 0 Å². The molecule has 2 rings (SSSR count). The zero-order chi connectivity index (χ0) is 15.4. The number of benzene rings is 1. The van der Waals surface area contributed by atoms with E-state index in [4.69, 9.17) is 9.47 Å². The Kier molecular flexibility index (Phi) is 7.47.